The Morgan fingerprint density at radius 3 is 2.43 bits per heavy atom. The van der Waals surface area contributed by atoms with Crippen LogP contribution in [0.3, 0.4) is 0 Å². The molecule has 0 aliphatic carbocycles. The van der Waals surface area contributed by atoms with Crippen LogP contribution < -0.4 is 0 Å². The molecule has 0 heterocycles. The van der Waals surface area contributed by atoms with Gasteiger partial charge in [0, 0.05) is 17.8 Å². The third-order valence-electron chi connectivity index (χ3n) is 2.13. The number of aryl methyl sites for hydroxylation is 1. The molecule has 4 heteroatoms. The van der Waals surface area contributed by atoms with Crippen LogP contribution in [-0.2, 0) is 15.3 Å². The van der Waals surface area contributed by atoms with E-state index in [2.05, 4.69) is 46.9 Å². The summed E-state index contributed by atoms with van der Waals surface area (Å²) in [4.78, 5) is 0. The molecule has 0 radical (unpaired) electrons. The molecule has 1 aromatic rings. The molecule has 0 atom stereocenters. The van der Waals surface area contributed by atoms with Gasteiger partial charge in [0.05, 0.1) is 0 Å². The smallest absolute Gasteiger partial charge is 0.321 e. The molecule has 0 aliphatic heterocycles. The quantitative estimate of drug-likeness (QED) is 0.612. The Morgan fingerprint density at radius 1 is 1.21 bits per heavy atom. The summed E-state index contributed by atoms with van der Waals surface area (Å²) < 4.78 is 11.9. The van der Waals surface area contributed by atoms with Crippen LogP contribution in [0.5, 0.6) is 0 Å². The molecule has 0 N–H and O–H groups in total. The molecule has 0 aliphatic rings. The Hall–Kier alpha value is 0.0869. The summed E-state index contributed by atoms with van der Waals surface area (Å²) in [5, 5.41) is 0. The van der Waals surface area contributed by atoms with Crippen LogP contribution in [0.15, 0.2) is 24.3 Å². The number of benzene rings is 1. The highest BCUT2D eigenvalue weighted by molar-refractivity contribution is 14.1. The van der Waals surface area contributed by atoms with Gasteiger partial charge in [0.1, 0.15) is 0 Å². The summed E-state index contributed by atoms with van der Waals surface area (Å²) in [5.41, 5.74) is 1.39. The second kappa shape index (κ2) is 6.55. The zero-order valence-corrected chi connectivity index (χ0v) is 11.8. The average Bonchev–Trinajstić information content (AvgIpc) is 2.22. The van der Waals surface area contributed by atoms with Gasteiger partial charge < -0.3 is 8.85 Å². The zero-order valence-electron chi connectivity index (χ0n) is 8.50. The van der Waals surface area contributed by atoms with Crippen molar-refractivity contribution in [3.05, 3.63) is 33.4 Å². The van der Waals surface area contributed by atoms with Gasteiger partial charge in [-0.25, -0.2) is 0 Å². The lowest BCUT2D eigenvalue weighted by Gasteiger charge is -2.11. The molecule has 1 rings (SSSR count). The van der Waals surface area contributed by atoms with E-state index in [0.717, 1.165) is 12.5 Å². The second-order valence-electron chi connectivity index (χ2n) is 3.03. The highest BCUT2D eigenvalue weighted by Gasteiger charge is 2.10. The Kier molecular flexibility index (Phi) is 5.69. The lowest BCUT2D eigenvalue weighted by atomic mass is 10.2. The van der Waals surface area contributed by atoms with E-state index in [9.17, 15) is 0 Å². The summed E-state index contributed by atoms with van der Waals surface area (Å²) in [6.07, 6.45) is 1.05. The van der Waals surface area contributed by atoms with Gasteiger partial charge in [-0.2, -0.15) is 0 Å². The van der Waals surface area contributed by atoms with E-state index in [4.69, 9.17) is 8.85 Å². The highest BCUT2D eigenvalue weighted by Crippen LogP contribution is 2.14. The van der Waals surface area contributed by atoms with Gasteiger partial charge in [-0.15, -0.1) is 0 Å². The topological polar surface area (TPSA) is 18.5 Å². The Labute approximate surface area is 101 Å². The summed E-state index contributed by atoms with van der Waals surface area (Å²) in [6, 6.07) is 9.47. The van der Waals surface area contributed by atoms with E-state index in [-0.39, 0.29) is 0 Å². The van der Waals surface area contributed by atoms with Crippen LogP contribution in [0.25, 0.3) is 0 Å². The Morgan fingerprint density at radius 2 is 1.86 bits per heavy atom. The van der Waals surface area contributed by atoms with Crippen molar-refractivity contribution in [3.8, 4) is 0 Å². The van der Waals surface area contributed by atoms with Crippen LogP contribution in [0, 0.1) is 3.57 Å². The SMILES string of the molecule is CO[SiH](CCc1ccccc1I)OC. The van der Waals surface area contributed by atoms with Crippen molar-refractivity contribution < 1.29 is 8.85 Å². The standard InChI is InChI=1S/C10H15IO2Si/c1-12-14(13-2)8-7-9-5-3-4-6-10(9)11/h3-6,14H,7-8H2,1-2H3. The summed E-state index contributed by atoms with van der Waals surface area (Å²) in [6.45, 7) is 0. The first-order chi connectivity index (χ1) is 6.77. The Bertz CT molecular complexity index is 277. The van der Waals surface area contributed by atoms with E-state index in [1.165, 1.54) is 9.13 Å². The van der Waals surface area contributed by atoms with Crippen molar-refractivity contribution in [2.75, 3.05) is 14.2 Å². The second-order valence-corrected chi connectivity index (χ2v) is 6.57. The van der Waals surface area contributed by atoms with Crippen LogP contribution in [0.1, 0.15) is 5.56 Å². The summed E-state index contributed by atoms with van der Waals surface area (Å²) >= 11 is 2.37. The molecule has 0 saturated carbocycles. The lowest BCUT2D eigenvalue weighted by molar-refractivity contribution is 0.277. The van der Waals surface area contributed by atoms with Crippen LogP contribution in [0.2, 0.25) is 6.04 Å². The predicted molar refractivity (Wildman–Crippen MR) is 68.8 cm³/mol. The molecule has 0 spiro atoms. The zero-order chi connectivity index (χ0) is 10.4. The molecule has 2 nitrogen and oxygen atoms in total. The monoisotopic (exact) mass is 322 g/mol. The van der Waals surface area contributed by atoms with Crippen molar-refractivity contribution in [1.29, 1.82) is 0 Å². The van der Waals surface area contributed by atoms with Gasteiger partial charge in [-0.1, -0.05) is 18.2 Å². The first kappa shape index (κ1) is 12.2. The molecule has 0 fully saturated rings. The average molecular weight is 322 g/mol. The number of rotatable bonds is 5. The molecule has 0 aromatic heterocycles. The molecule has 0 bridgehead atoms. The molecule has 0 saturated heterocycles. The number of hydrogen-bond acceptors (Lipinski definition) is 2. The van der Waals surface area contributed by atoms with Crippen molar-refractivity contribution in [2.45, 2.75) is 12.5 Å². The van der Waals surface area contributed by atoms with E-state index in [1.807, 2.05) is 0 Å². The minimum Gasteiger partial charge on any atom is -0.400 e. The van der Waals surface area contributed by atoms with Gasteiger partial charge in [-0.3, -0.25) is 0 Å². The van der Waals surface area contributed by atoms with Gasteiger partial charge >= 0.3 is 9.28 Å². The first-order valence-electron chi connectivity index (χ1n) is 4.57. The van der Waals surface area contributed by atoms with Gasteiger partial charge in [0.2, 0.25) is 0 Å². The lowest BCUT2D eigenvalue weighted by Crippen LogP contribution is -2.19. The minimum atomic E-state index is -1.39. The van der Waals surface area contributed by atoms with E-state index < -0.39 is 9.28 Å². The van der Waals surface area contributed by atoms with Crippen LogP contribution >= 0.6 is 22.6 Å². The van der Waals surface area contributed by atoms with Crippen LogP contribution in [-0.4, -0.2) is 23.5 Å². The molecule has 1 aromatic carbocycles. The van der Waals surface area contributed by atoms with Crippen molar-refractivity contribution >= 4 is 31.9 Å². The maximum Gasteiger partial charge on any atom is 0.321 e. The number of halogens is 1. The van der Waals surface area contributed by atoms with Crippen molar-refractivity contribution in [2.24, 2.45) is 0 Å². The van der Waals surface area contributed by atoms with Crippen molar-refractivity contribution in [1.82, 2.24) is 0 Å². The number of hydrogen-bond donors (Lipinski definition) is 0. The molecule has 0 amide bonds. The third-order valence-corrected chi connectivity index (χ3v) is 5.00. The molecule has 14 heavy (non-hydrogen) atoms. The predicted octanol–water partition coefficient (Wildman–Crippen LogP) is 2.35. The fourth-order valence-electron chi connectivity index (χ4n) is 1.31. The normalized spacial score (nSPS) is 10.9. The first-order valence-corrected chi connectivity index (χ1v) is 7.40. The largest absolute Gasteiger partial charge is 0.400 e. The maximum atomic E-state index is 5.28. The van der Waals surface area contributed by atoms with Gasteiger partial charge in [0.25, 0.3) is 0 Å². The molecule has 78 valence electrons. The van der Waals surface area contributed by atoms with E-state index in [0.29, 0.717) is 0 Å². The third kappa shape index (κ3) is 3.68. The molecular formula is C10H15IO2Si. The fourth-order valence-corrected chi connectivity index (χ4v) is 3.17. The van der Waals surface area contributed by atoms with E-state index >= 15 is 0 Å². The molecule has 0 unspecified atom stereocenters. The summed E-state index contributed by atoms with van der Waals surface area (Å²) in [5.74, 6) is 0. The van der Waals surface area contributed by atoms with Gasteiger partial charge in [0.15, 0.2) is 0 Å². The fraction of sp³-hybridized carbons (Fsp3) is 0.400. The maximum absolute atomic E-state index is 5.28. The summed E-state index contributed by atoms with van der Waals surface area (Å²) in [7, 11) is 2.08. The van der Waals surface area contributed by atoms with Gasteiger partial charge in [-0.05, 0) is 46.7 Å². The van der Waals surface area contributed by atoms with Crippen LogP contribution in [0.4, 0.5) is 0 Å². The van der Waals surface area contributed by atoms with Crippen molar-refractivity contribution in [3.63, 3.8) is 0 Å². The highest BCUT2D eigenvalue weighted by atomic mass is 127. The van der Waals surface area contributed by atoms with E-state index in [1.54, 1.807) is 14.2 Å². The Balaban J connectivity index is 2.49. The minimum absolute atomic E-state index is 1.03. The molecular weight excluding hydrogens is 307 g/mol.